The fourth-order valence-electron chi connectivity index (χ4n) is 2.59. The molecule has 0 radical (unpaired) electrons. The van der Waals surface area contributed by atoms with E-state index < -0.39 is 16.2 Å². The van der Waals surface area contributed by atoms with Crippen LogP contribution in [0, 0.1) is 6.92 Å². The molecule has 0 aliphatic heterocycles. The number of rotatable bonds is 5. The van der Waals surface area contributed by atoms with Gasteiger partial charge in [0, 0.05) is 0 Å². The molecule has 0 unspecified atom stereocenters. The normalized spacial score (nSPS) is 12.3. The zero-order chi connectivity index (χ0) is 23.6. The number of hydrogen-bond donors (Lipinski definition) is 3. The molecule has 31 heavy (non-hydrogen) atoms. The van der Waals surface area contributed by atoms with Crippen molar-refractivity contribution in [1.82, 2.24) is 19.7 Å². The number of anilines is 2. The first-order valence-corrected chi connectivity index (χ1v) is 11.1. The minimum absolute atomic E-state index is 0.00233. The summed E-state index contributed by atoms with van der Waals surface area (Å²) in [6.07, 6.45) is 0. The monoisotopic (exact) mass is 450 g/mol. The number of carbonyl (C=O) groups excluding carboxylic acids is 1. The van der Waals surface area contributed by atoms with Crippen LogP contribution < -0.4 is 19.5 Å². The first kappa shape index (κ1) is 24.3. The molecule has 1 heterocycles. The topological polar surface area (TPSA) is 135 Å². The molecule has 170 valence electrons. The highest BCUT2D eigenvalue weighted by Crippen LogP contribution is 2.32. The van der Waals surface area contributed by atoms with E-state index in [9.17, 15) is 13.2 Å². The molecule has 11 heteroatoms. The third-order valence-corrected chi connectivity index (χ3v) is 5.24. The summed E-state index contributed by atoms with van der Waals surface area (Å²) < 4.78 is 34.3. The number of aryl methyl sites for hydroxylation is 1. The standard InChI is InChI=1S/C20H30N6O4S/c1-12-21-16(24-18(22-12)30-8)23-17(27)26-31(28,29)25-15-10-13(19(2,3)4)9-14(11-15)20(5,6)7/h9-11,25H,1-8H3,(H2,21,22,23,24,26,27). The van der Waals surface area contributed by atoms with Gasteiger partial charge in [-0.3, -0.25) is 10.0 Å². The van der Waals surface area contributed by atoms with Crippen molar-refractivity contribution in [3.8, 4) is 6.01 Å². The number of urea groups is 1. The summed E-state index contributed by atoms with van der Waals surface area (Å²) in [5.41, 5.74) is 1.91. The largest absolute Gasteiger partial charge is 0.467 e. The minimum Gasteiger partial charge on any atom is -0.467 e. The van der Waals surface area contributed by atoms with Crippen molar-refractivity contribution in [3.63, 3.8) is 0 Å². The van der Waals surface area contributed by atoms with Crippen LogP contribution in [0.1, 0.15) is 58.5 Å². The number of methoxy groups -OCH3 is 1. The van der Waals surface area contributed by atoms with Crippen molar-refractivity contribution >= 4 is 27.9 Å². The molecule has 2 rings (SSSR count). The van der Waals surface area contributed by atoms with Crippen LogP contribution in [0.3, 0.4) is 0 Å². The number of carbonyl (C=O) groups is 1. The van der Waals surface area contributed by atoms with Gasteiger partial charge in [-0.1, -0.05) is 47.6 Å². The maximum atomic E-state index is 12.6. The summed E-state index contributed by atoms with van der Waals surface area (Å²) in [7, 11) is -2.85. The fraction of sp³-hybridized carbons (Fsp3) is 0.500. The van der Waals surface area contributed by atoms with Crippen LogP contribution in [0.15, 0.2) is 18.2 Å². The van der Waals surface area contributed by atoms with Crippen molar-refractivity contribution in [2.75, 3.05) is 17.1 Å². The lowest BCUT2D eigenvalue weighted by Crippen LogP contribution is -2.38. The van der Waals surface area contributed by atoms with Gasteiger partial charge in [0.15, 0.2) is 0 Å². The number of aromatic nitrogens is 3. The lowest BCUT2D eigenvalue weighted by molar-refractivity contribution is 0.256. The Morgan fingerprint density at radius 1 is 0.935 bits per heavy atom. The summed E-state index contributed by atoms with van der Waals surface area (Å²) >= 11 is 0. The second-order valence-corrected chi connectivity index (χ2v) is 10.6. The van der Waals surface area contributed by atoms with Crippen LogP contribution in [-0.4, -0.2) is 36.5 Å². The zero-order valence-electron chi connectivity index (χ0n) is 19.1. The average Bonchev–Trinajstić information content (AvgIpc) is 2.58. The molecule has 0 bridgehead atoms. The van der Waals surface area contributed by atoms with Gasteiger partial charge in [0.05, 0.1) is 12.8 Å². The summed E-state index contributed by atoms with van der Waals surface area (Å²) in [5.74, 6) is 0.165. The average molecular weight is 451 g/mol. The molecule has 1 aromatic heterocycles. The van der Waals surface area contributed by atoms with E-state index in [0.717, 1.165) is 11.1 Å². The van der Waals surface area contributed by atoms with Gasteiger partial charge in [0.25, 0.3) is 0 Å². The van der Waals surface area contributed by atoms with E-state index in [2.05, 4.69) is 31.1 Å². The molecule has 3 N–H and O–H groups in total. The first-order chi connectivity index (χ1) is 14.1. The van der Waals surface area contributed by atoms with Crippen LogP contribution >= 0.6 is 0 Å². The maximum absolute atomic E-state index is 12.6. The Morgan fingerprint density at radius 2 is 1.48 bits per heavy atom. The van der Waals surface area contributed by atoms with E-state index in [4.69, 9.17) is 4.74 Å². The van der Waals surface area contributed by atoms with E-state index in [1.807, 2.05) is 46.3 Å². The van der Waals surface area contributed by atoms with Crippen LogP contribution in [0.4, 0.5) is 16.4 Å². The molecular formula is C20H30N6O4S. The lowest BCUT2D eigenvalue weighted by Gasteiger charge is -2.26. The van der Waals surface area contributed by atoms with Crippen molar-refractivity contribution in [1.29, 1.82) is 0 Å². The Hall–Kier alpha value is -2.95. The first-order valence-electron chi connectivity index (χ1n) is 9.63. The molecule has 0 fully saturated rings. The van der Waals surface area contributed by atoms with Gasteiger partial charge in [0.2, 0.25) is 5.95 Å². The summed E-state index contributed by atoms with van der Waals surface area (Å²) in [6, 6.07) is 4.55. The van der Waals surface area contributed by atoms with Crippen LogP contribution in [0.2, 0.25) is 0 Å². The van der Waals surface area contributed by atoms with E-state index >= 15 is 0 Å². The molecule has 0 aliphatic rings. The predicted molar refractivity (Wildman–Crippen MR) is 120 cm³/mol. The van der Waals surface area contributed by atoms with Crippen molar-refractivity contribution in [2.24, 2.45) is 0 Å². The highest BCUT2D eigenvalue weighted by molar-refractivity contribution is 7.91. The third-order valence-electron chi connectivity index (χ3n) is 4.28. The van der Waals surface area contributed by atoms with Crippen molar-refractivity contribution < 1.29 is 17.9 Å². The molecule has 1 aromatic carbocycles. The molecule has 2 amide bonds. The number of amides is 2. The van der Waals surface area contributed by atoms with Crippen LogP contribution in [0.5, 0.6) is 6.01 Å². The molecule has 10 nitrogen and oxygen atoms in total. The van der Waals surface area contributed by atoms with Crippen LogP contribution in [-0.2, 0) is 21.0 Å². The third kappa shape index (κ3) is 7.06. The number of hydrogen-bond acceptors (Lipinski definition) is 7. The molecule has 0 spiro atoms. The Morgan fingerprint density at radius 3 is 1.97 bits per heavy atom. The Kier molecular flexibility index (Phi) is 6.79. The van der Waals surface area contributed by atoms with Gasteiger partial charge in [0.1, 0.15) is 5.82 Å². The molecule has 0 atom stereocenters. The second-order valence-electron chi connectivity index (χ2n) is 9.15. The van der Waals surface area contributed by atoms with Crippen LogP contribution in [0.25, 0.3) is 0 Å². The molecule has 0 saturated carbocycles. The fourth-order valence-corrected chi connectivity index (χ4v) is 3.36. The number of nitrogens with zero attached hydrogens (tertiary/aromatic N) is 3. The SMILES string of the molecule is COc1nc(C)nc(NC(=O)NS(=O)(=O)Nc2cc(C(C)(C)C)cc(C(C)(C)C)c2)n1. The molecule has 0 saturated heterocycles. The zero-order valence-corrected chi connectivity index (χ0v) is 19.9. The number of nitrogens with one attached hydrogen (secondary N) is 3. The Balaban J connectivity index is 2.23. The lowest BCUT2D eigenvalue weighted by atomic mass is 9.80. The highest BCUT2D eigenvalue weighted by atomic mass is 32.2. The van der Waals surface area contributed by atoms with E-state index in [1.54, 1.807) is 19.1 Å². The van der Waals surface area contributed by atoms with Crippen molar-refractivity contribution in [3.05, 3.63) is 35.2 Å². The van der Waals surface area contributed by atoms with Gasteiger partial charge in [-0.25, -0.2) is 9.52 Å². The van der Waals surface area contributed by atoms with Gasteiger partial charge in [-0.05, 0) is 41.0 Å². The van der Waals surface area contributed by atoms with E-state index in [-0.39, 0.29) is 22.8 Å². The smallest absolute Gasteiger partial charge is 0.336 e. The molecule has 0 aliphatic carbocycles. The minimum atomic E-state index is -4.22. The molecule has 2 aromatic rings. The Labute approximate surface area is 183 Å². The van der Waals surface area contributed by atoms with E-state index in [0.29, 0.717) is 11.5 Å². The quantitative estimate of drug-likeness (QED) is 0.636. The maximum Gasteiger partial charge on any atom is 0.336 e. The molecular weight excluding hydrogens is 420 g/mol. The van der Waals surface area contributed by atoms with Crippen molar-refractivity contribution in [2.45, 2.75) is 59.3 Å². The van der Waals surface area contributed by atoms with Gasteiger partial charge < -0.3 is 4.74 Å². The van der Waals surface area contributed by atoms with Gasteiger partial charge in [-0.15, -0.1) is 0 Å². The summed E-state index contributed by atoms with van der Waals surface area (Å²) in [4.78, 5) is 23.9. The second kappa shape index (κ2) is 8.66. The van der Waals surface area contributed by atoms with Gasteiger partial charge in [-0.2, -0.15) is 23.4 Å². The Bertz CT molecular complexity index is 1040. The number of ether oxygens (including phenoxy) is 1. The van der Waals surface area contributed by atoms with E-state index in [1.165, 1.54) is 7.11 Å². The number of benzene rings is 1. The van der Waals surface area contributed by atoms with Gasteiger partial charge >= 0.3 is 22.3 Å². The highest BCUT2D eigenvalue weighted by Gasteiger charge is 2.23. The predicted octanol–water partition coefficient (Wildman–Crippen LogP) is 3.26. The summed E-state index contributed by atoms with van der Waals surface area (Å²) in [6.45, 7) is 13.9. The summed E-state index contributed by atoms with van der Waals surface area (Å²) in [5, 5.41) is 2.26.